The zero-order valence-corrected chi connectivity index (χ0v) is 17.1. The molecule has 5 atom stereocenters. The van der Waals surface area contributed by atoms with E-state index in [9.17, 15) is 49.2 Å². The summed E-state index contributed by atoms with van der Waals surface area (Å²) >= 11 is 0. The van der Waals surface area contributed by atoms with E-state index in [2.05, 4.69) is 18.9 Å². The lowest BCUT2D eigenvalue weighted by atomic mass is 9.91. The van der Waals surface area contributed by atoms with Crippen LogP contribution in [0.2, 0.25) is 0 Å². The molecule has 0 aliphatic heterocycles. The second kappa shape index (κ2) is 10.8. The predicted molar refractivity (Wildman–Crippen MR) is 91.6 cm³/mol. The minimum absolute atomic E-state index is 0.630. The maximum atomic E-state index is 12.3. The summed E-state index contributed by atoms with van der Waals surface area (Å²) in [5.41, 5.74) is 0. The second-order valence-corrected chi connectivity index (χ2v) is 6.07. The summed E-state index contributed by atoms with van der Waals surface area (Å²) in [5, 5.41) is 43.7. The molecule has 0 radical (unpaired) electrons. The minimum atomic E-state index is -3.98. The lowest BCUT2D eigenvalue weighted by molar-refractivity contribution is -0.405. The molecule has 5 N–H and O–H groups in total. The van der Waals surface area contributed by atoms with Crippen molar-refractivity contribution in [3.8, 4) is 0 Å². The fourth-order valence-corrected chi connectivity index (χ4v) is 2.27. The molecule has 0 aromatic rings. The van der Waals surface area contributed by atoms with Crippen LogP contribution in [0.25, 0.3) is 0 Å². The van der Waals surface area contributed by atoms with Crippen molar-refractivity contribution < 1.29 is 68.1 Å². The van der Waals surface area contributed by atoms with Crippen molar-refractivity contribution in [3.63, 3.8) is 0 Å². The van der Waals surface area contributed by atoms with Gasteiger partial charge in [0.15, 0.2) is 6.10 Å². The molecule has 176 valence electrons. The molecule has 1 amide bonds. The molecule has 0 aromatic heterocycles. The summed E-state index contributed by atoms with van der Waals surface area (Å²) in [4.78, 5) is 69.2. The Labute approximate surface area is 174 Å². The van der Waals surface area contributed by atoms with Crippen molar-refractivity contribution in [1.29, 1.82) is 0 Å². The van der Waals surface area contributed by atoms with Gasteiger partial charge >= 0.3 is 41.4 Å². The van der Waals surface area contributed by atoms with E-state index in [0.717, 1.165) is 20.8 Å². The van der Waals surface area contributed by atoms with E-state index < -0.39 is 65.8 Å². The number of esters is 5. The van der Waals surface area contributed by atoms with Crippen LogP contribution in [0.5, 0.6) is 0 Å². The number of nitrogens with one attached hydrogen (secondary N) is 1. The Morgan fingerprint density at radius 2 is 1.19 bits per heavy atom. The van der Waals surface area contributed by atoms with Crippen LogP contribution < -0.4 is 5.32 Å². The van der Waals surface area contributed by atoms with Gasteiger partial charge in [0.25, 0.3) is 0 Å². The van der Waals surface area contributed by atoms with E-state index in [1.54, 1.807) is 5.32 Å². The Bertz CT molecular complexity index is 751. The van der Waals surface area contributed by atoms with E-state index in [0.29, 0.717) is 13.8 Å². The Morgan fingerprint density at radius 3 is 1.55 bits per heavy atom. The van der Waals surface area contributed by atoms with E-state index in [4.69, 9.17) is 0 Å². The molecule has 31 heavy (non-hydrogen) atoms. The van der Waals surface area contributed by atoms with Crippen molar-refractivity contribution >= 4 is 35.8 Å². The highest BCUT2D eigenvalue weighted by Crippen LogP contribution is 2.35. The first-order valence-corrected chi connectivity index (χ1v) is 8.34. The van der Waals surface area contributed by atoms with Crippen molar-refractivity contribution in [2.24, 2.45) is 0 Å². The predicted octanol–water partition coefficient (Wildman–Crippen LogP) is -3.67. The monoisotopic (exact) mass is 453 g/mol. The molecule has 0 fully saturated rings. The van der Waals surface area contributed by atoms with Crippen LogP contribution in [0.3, 0.4) is 0 Å². The molecule has 0 aromatic carbocycles. The Kier molecular flexibility index (Phi) is 9.67. The summed E-state index contributed by atoms with van der Waals surface area (Å²) in [5.74, 6) is -16.4. The second-order valence-electron chi connectivity index (χ2n) is 6.07. The van der Waals surface area contributed by atoms with Gasteiger partial charge in [-0.3, -0.25) is 24.0 Å². The summed E-state index contributed by atoms with van der Waals surface area (Å²) in [6.07, 6.45) is -5.74. The van der Waals surface area contributed by atoms with Gasteiger partial charge in [-0.2, -0.15) is 0 Å². The van der Waals surface area contributed by atoms with Gasteiger partial charge in [0, 0.05) is 34.6 Å². The summed E-state index contributed by atoms with van der Waals surface area (Å²) in [6, 6.07) is -2.72. The number of amides is 1. The number of rotatable bonds is 9. The average molecular weight is 453 g/mol. The third kappa shape index (κ3) is 7.25. The van der Waals surface area contributed by atoms with Crippen LogP contribution in [0, 0.1) is 0 Å². The van der Waals surface area contributed by atoms with Crippen molar-refractivity contribution in [1.82, 2.24) is 5.32 Å². The highest BCUT2D eigenvalue weighted by molar-refractivity contribution is 5.91. The van der Waals surface area contributed by atoms with E-state index >= 15 is 0 Å². The normalized spacial score (nSPS) is 17.5. The largest absolute Gasteiger partial charge is 0.433 e. The fourth-order valence-electron chi connectivity index (χ4n) is 2.27. The van der Waals surface area contributed by atoms with Gasteiger partial charge in [-0.15, -0.1) is 0 Å². The molecular formula is C16H23NO14. The number of hydrogen-bond donors (Lipinski definition) is 5. The molecule has 0 spiro atoms. The smallest absolute Gasteiger partial charge is 0.343 e. The van der Waals surface area contributed by atoms with Gasteiger partial charge in [0.2, 0.25) is 18.2 Å². The zero-order chi connectivity index (χ0) is 24.7. The summed E-state index contributed by atoms with van der Waals surface area (Å²) < 4.78 is 17.4. The van der Waals surface area contributed by atoms with Crippen LogP contribution in [0.4, 0.5) is 0 Å². The van der Waals surface area contributed by atoms with E-state index in [1.165, 1.54) is 0 Å². The Hall–Kier alpha value is -3.14. The summed E-state index contributed by atoms with van der Waals surface area (Å²) in [6.45, 7) is 3.56. The molecule has 15 heteroatoms. The molecule has 0 aliphatic carbocycles. The van der Waals surface area contributed by atoms with Crippen molar-refractivity contribution in [2.75, 3.05) is 0 Å². The Morgan fingerprint density at radius 1 is 0.742 bits per heavy atom. The lowest BCUT2D eigenvalue weighted by Crippen LogP contribution is -2.76. The molecule has 0 aliphatic rings. The SMILES string of the molecule is CC(=O)N[C@@H](C(=O)OC(C)=O)[C@](O)(OC(C)=O)[C@@](O)(OC(C)=O)[C@H](O)C(O)OC(C)=O. The average Bonchev–Trinajstić information content (AvgIpc) is 2.55. The highest BCUT2D eigenvalue weighted by atomic mass is 16.8. The molecule has 15 nitrogen and oxygen atoms in total. The number of aliphatic hydroxyl groups excluding tert-OH is 2. The molecule has 0 rings (SSSR count). The van der Waals surface area contributed by atoms with Crippen LogP contribution >= 0.6 is 0 Å². The van der Waals surface area contributed by atoms with Gasteiger partial charge in [-0.1, -0.05) is 0 Å². The quantitative estimate of drug-likeness (QED) is 0.0979. The molecule has 0 heterocycles. The molecule has 1 unspecified atom stereocenters. The first kappa shape index (κ1) is 27.9. The van der Waals surface area contributed by atoms with Gasteiger partial charge in [0.05, 0.1) is 0 Å². The number of hydrogen-bond acceptors (Lipinski definition) is 14. The number of carbonyl (C=O) groups excluding carboxylic acids is 6. The first-order valence-electron chi connectivity index (χ1n) is 8.34. The molecular weight excluding hydrogens is 430 g/mol. The van der Waals surface area contributed by atoms with Gasteiger partial charge in [-0.25, -0.2) is 4.79 Å². The molecule has 0 saturated carbocycles. The maximum absolute atomic E-state index is 12.3. The van der Waals surface area contributed by atoms with E-state index in [1.807, 2.05) is 0 Å². The first-order chi connectivity index (χ1) is 14.0. The zero-order valence-electron chi connectivity index (χ0n) is 17.1. The topological polar surface area (TPSA) is 232 Å². The number of carbonyl (C=O) groups is 6. The van der Waals surface area contributed by atoms with Gasteiger partial charge in [-0.05, 0) is 0 Å². The van der Waals surface area contributed by atoms with Gasteiger partial charge in [0.1, 0.15) is 0 Å². The van der Waals surface area contributed by atoms with Crippen LogP contribution in [-0.4, -0.2) is 86.2 Å². The lowest BCUT2D eigenvalue weighted by Gasteiger charge is -2.45. The van der Waals surface area contributed by atoms with Crippen molar-refractivity contribution in [3.05, 3.63) is 0 Å². The third-order valence-corrected chi connectivity index (χ3v) is 3.29. The highest BCUT2D eigenvalue weighted by Gasteiger charge is 2.69. The van der Waals surface area contributed by atoms with Crippen molar-refractivity contribution in [2.45, 2.75) is 64.6 Å². The third-order valence-electron chi connectivity index (χ3n) is 3.29. The number of aliphatic hydroxyl groups is 4. The van der Waals surface area contributed by atoms with Crippen LogP contribution in [0.1, 0.15) is 34.6 Å². The Balaban J connectivity index is 6.87. The molecule has 0 saturated heterocycles. The number of ether oxygens (including phenoxy) is 4. The van der Waals surface area contributed by atoms with Crippen LogP contribution in [0.15, 0.2) is 0 Å². The van der Waals surface area contributed by atoms with Gasteiger partial charge < -0.3 is 44.7 Å². The minimum Gasteiger partial charge on any atom is -0.433 e. The molecule has 0 bridgehead atoms. The summed E-state index contributed by atoms with van der Waals surface area (Å²) in [7, 11) is 0. The standard InChI is InChI=1S/C16H23NO14/c1-6(18)17-11(13(24)28-7(2)19)15(26,30-9(4)21)16(27,31-10(5)22)12(23)14(25)29-8(3)20/h11-12,14,23,25-27H,1-5H3,(H,17,18)/t11-,12+,14?,15-,16-/m0/s1. The van der Waals surface area contributed by atoms with Crippen LogP contribution in [-0.2, 0) is 47.7 Å². The van der Waals surface area contributed by atoms with E-state index in [-0.39, 0.29) is 0 Å². The fraction of sp³-hybridized carbons (Fsp3) is 0.625. The maximum Gasteiger partial charge on any atom is 0.343 e.